The molecule has 0 saturated heterocycles. The van der Waals surface area contributed by atoms with Crippen molar-refractivity contribution in [3.05, 3.63) is 99.6 Å². The molecule has 30 heavy (non-hydrogen) atoms. The van der Waals surface area contributed by atoms with Crippen LogP contribution in [0.3, 0.4) is 0 Å². The smallest absolute Gasteiger partial charge is 0.280 e. The SMILES string of the molecule is O=c1cc(-c2ccc(OC3CCC4=C3CCC=C4OCc3ccccc3)cc2)o[nH]1. The summed E-state index contributed by atoms with van der Waals surface area (Å²) in [7, 11) is 0. The van der Waals surface area contributed by atoms with E-state index in [1.165, 1.54) is 22.8 Å². The molecule has 0 spiro atoms. The van der Waals surface area contributed by atoms with Crippen LogP contribution in [0, 0.1) is 0 Å². The molecule has 0 amide bonds. The topological polar surface area (TPSA) is 64.5 Å². The third-order valence-electron chi connectivity index (χ3n) is 5.65. The molecule has 0 aliphatic heterocycles. The first kappa shape index (κ1) is 18.6. The first-order valence-corrected chi connectivity index (χ1v) is 10.3. The molecule has 0 saturated carbocycles. The molecule has 2 aromatic carbocycles. The molecule has 2 aliphatic rings. The molecule has 1 atom stereocenters. The molecule has 5 nitrogen and oxygen atoms in total. The van der Waals surface area contributed by atoms with Crippen molar-refractivity contribution in [3.8, 4) is 17.1 Å². The minimum atomic E-state index is -0.244. The van der Waals surface area contributed by atoms with Crippen molar-refractivity contribution < 1.29 is 14.0 Å². The fourth-order valence-electron chi connectivity index (χ4n) is 4.18. The Hall–Kier alpha value is -3.47. The van der Waals surface area contributed by atoms with Gasteiger partial charge in [-0.15, -0.1) is 0 Å². The summed E-state index contributed by atoms with van der Waals surface area (Å²) in [5.74, 6) is 2.36. The molecule has 1 heterocycles. The molecule has 1 unspecified atom stereocenters. The van der Waals surface area contributed by atoms with Crippen LogP contribution in [0.25, 0.3) is 11.3 Å². The summed E-state index contributed by atoms with van der Waals surface area (Å²) in [4.78, 5) is 11.3. The molecule has 5 rings (SSSR count). The van der Waals surface area contributed by atoms with Crippen LogP contribution in [-0.4, -0.2) is 11.3 Å². The van der Waals surface area contributed by atoms with Crippen molar-refractivity contribution in [1.29, 1.82) is 0 Å². The molecule has 5 heteroatoms. The summed E-state index contributed by atoms with van der Waals surface area (Å²) < 4.78 is 17.6. The van der Waals surface area contributed by atoms with Crippen molar-refractivity contribution in [3.63, 3.8) is 0 Å². The molecule has 1 N–H and O–H groups in total. The average Bonchev–Trinajstić information content (AvgIpc) is 3.40. The van der Waals surface area contributed by atoms with Gasteiger partial charge in [0.2, 0.25) is 0 Å². The third-order valence-corrected chi connectivity index (χ3v) is 5.65. The van der Waals surface area contributed by atoms with Crippen LogP contribution < -0.4 is 10.3 Å². The average molecular weight is 401 g/mol. The van der Waals surface area contributed by atoms with Crippen LogP contribution in [0.15, 0.2) is 93.0 Å². The van der Waals surface area contributed by atoms with Crippen molar-refractivity contribution >= 4 is 0 Å². The van der Waals surface area contributed by atoms with Gasteiger partial charge in [0.05, 0.1) is 6.07 Å². The quantitative estimate of drug-likeness (QED) is 0.603. The third kappa shape index (κ3) is 3.83. The van der Waals surface area contributed by atoms with Crippen molar-refractivity contribution in [1.82, 2.24) is 5.16 Å². The van der Waals surface area contributed by atoms with E-state index >= 15 is 0 Å². The first-order valence-electron chi connectivity index (χ1n) is 10.3. The van der Waals surface area contributed by atoms with E-state index in [2.05, 4.69) is 23.4 Å². The van der Waals surface area contributed by atoms with Crippen molar-refractivity contribution in [2.24, 2.45) is 0 Å². The highest BCUT2D eigenvalue weighted by Crippen LogP contribution is 2.40. The standard InChI is InChI=1S/C25H23NO4/c27-25-15-24(30-26-25)18-9-11-19(12-10-18)29-23-14-13-21-20(23)7-4-8-22(21)28-16-17-5-2-1-3-6-17/h1-3,5-6,8-12,15,23H,4,7,13-14,16H2,(H,26,27). The van der Waals surface area contributed by atoms with E-state index in [1.807, 2.05) is 42.5 Å². The van der Waals surface area contributed by atoms with Gasteiger partial charge in [0.1, 0.15) is 24.2 Å². The van der Waals surface area contributed by atoms with Gasteiger partial charge in [-0.3, -0.25) is 4.79 Å². The van der Waals surface area contributed by atoms with Crippen LogP contribution in [0.1, 0.15) is 31.2 Å². The Bertz CT molecular complexity index is 1140. The number of aromatic amines is 1. The van der Waals surface area contributed by atoms with Gasteiger partial charge in [-0.05, 0) is 72.7 Å². The van der Waals surface area contributed by atoms with Crippen molar-refractivity contribution in [2.45, 2.75) is 38.4 Å². The van der Waals surface area contributed by atoms with Gasteiger partial charge in [0.25, 0.3) is 5.56 Å². The van der Waals surface area contributed by atoms with E-state index in [0.717, 1.165) is 42.8 Å². The maximum Gasteiger partial charge on any atom is 0.280 e. The summed E-state index contributed by atoms with van der Waals surface area (Å²) in [5.41, 5.74) is 4.44. The number of hydrogen-bond acceptors (Lipinski definition) is 4. The van der Waals surface area contributed by atoms with E-state index in [4.69, 9.17) is 14.0 Å². The predicted molar refractivity (Wildman–Crippen MR) is 114 cm³/mol. The van der Waals surface area contributed by atoms with E-state index in [9.17, 15) is 4.79 Å². The lowest BCUT2D eigenvalue weighted by atomic mass is 9.97. The van der Waals surface area contributed by atoms with Crippen molar-refractivity contribution in [2.75, 3.05) is 0 Å². The molecule has 0 bridgehead atoms. The highest BCUT2D eigenvalue weighted by Gasteiger charge is 2.31. The summed E-state index contributed by atoms with van der Waals surface area (Å²) in [5, 5.41) is 2.31. The molecule has 152 valence electrons. The second kappa shape index (κ2) is 8.11. The predicted octanol–water partition coefficient (Wildman–Crippen LogP) is 5.37. The van der Waals surface area contributed by atoms with Crippen LogP contribution in [-0.2, 0) is 11.3 Å². The Kier molecular flexibility index (Phi) is 5.01. The molecule has 0 radical (unpaired) electrons. The number of allylic oxidation sites excluding steroid dienone is 2. The number of benzene rings is 2. The fourth-order valence-corrected chi connectivity index (χ4v) is 4.18. The second-order valence-corrected chi connectivity index (χ2v) is 7.63. The number of ether oxygens (including phenoxy) is 2. The Morgan fingerprint density at radius 2 is 1.87 bits per heavy atom. The van der Waals surface area contributed by atoms with Gasteiger partial charge in [0.15, 0.2) is 5.76 Å². The van der Waals surface area contributed by atoms with Crippen LogP contribution in [0.2, 0.25) is 0 Å². The minimum Gasteiger partial charge on any atom is -0.489 e. The number of rotatable bonds is 6. The summed E-state index contributed by atoms with van der Waals surface area (Å²) in [6.07, 6.45) is 6.24. The molecule has 1 aromatic heterocycles. The molecule has 3 aromatic rings. The van der Waals surface area contributed by atoms with E-state index < -0.39 is 0 Å². The molecule has 2 aliphatic carbocycles. The van der Waals surface area contributed by atoms with E-state index in [0.29, 0.717) is 12.4 Å². The fraction of sp³-hybridized carbons (Fsp3) is 0.240. The Balaban J connectivity index is 1.27. The largest absolute Gasteiger partial charge is 0.489 e. The number of nitrogens with one attached hydrogen (secondary N) is 1. The Morgan fingerprint density at radius 3 is 2.63 bits per heavy atom. The molecule has 0 fully saturated rings. The lowest BCUT2D eigenvalue weighted by molar-refractivity contribution is 0.202. The zero-order valence-corrected chi connectivity index (χ0v) is 16.6. The number of aromatic nitrogens is 1. The highest BCUT2D eigenvalue weighted by molar-refractivity contribution is 5.57. The summed E-state index contributed by atoms with van der Waals surface area (Å²) in [6, 6.07) is 19.3. The first-order chi connectivity index (χ1) is 14.8. The van der Waals surface area contributed by atoms with Crippen LogP contribution in [0.5, 0.6) is 5.75 Å². The lowest BCUT2D eigenvalue weighted by Crippen LogP contribution is -2.17. The maximum absolute atomic E-state index is 11.3. The van der Waals surface area contributed by atoms with E-state index in [1.54, 1.807) is 0 Å². The summed E-state index contributed by atoms with van der Waals surface area (Å²) >= 11 is 0. The van der Waals surface area contributed by atoms with Crippen LogP contribution >= 0.6 is 0 Å². The van der Waals surface area contributed by atoms with E-state index in [-0.39, 0.29) is 11.7 Å². The maximum atomic E-state index is 11.3. The zero-order valence-electron chi connectivity index (χ0n) is 16.6. The Labute approximate surface area is 174 Å². The second-order valence-electron chi connectivity index (χ2n) is 7.63. The highest BCUT2D eigenvalue weighted by atomic mass is 16.5. The van der Waals surface area contributed by atoms with Gasteiger partial charge in [-0.25, -0.2) is 0 Å². The van der Waals surface area contributed by atoms with Gasteiger partial charge in [0, 0.05) is 5.56 Å². The minimum absolute atomic E-state index is 0.0834. The van der Waals surface area contributed by atoms with Gasteiger partial charge >= 0.3 is 0 Å². The van der Waals surface area contributed by atoms with Gasteiger partial charge in [-0.2, -0.15) is 5.16 Å². The monoisotopic (exact) mass is 401 g/mol. The summed E-state index contributed by atoms with van der Waals surface area (Å²) in [6.45, 7) is 0.589. The normalized spacial score (nSPS) is 18.1. The number of H-pyrrole nitrogens is 1. The molecular weight excluding hydrogens is 378 g/mol. The number of hydrogen-bond donors (Lipinski definition) is 1. The zero-order chi connectivity index (χ0) is 20.3. The van der Waals surface area contributed by atoms with Gasteiger partial charge < -0.3 is 14.0 Å². The Morgan fingerprint density at radius 1 is 1.03 bits per heavy atom. The molecular formula is C25H23NO4. The lowest BCUT2D eigenvalue weighted by Gasteiger charge is -2.21. The van der Waals surface area contributed by atoms with Crippen LogP contribution in [0.4, 0.5) is 0 Å². The van der Waals surface area contributed by atoms with Gasteiger partial charge in [-0.1, -0.05) is 30.3 Å².